The number of halogens is 2. The SMILES string of the molecule is CCc1cc(OCOCC[Si](C)(C)C)c(F)cc1-c1ccc2c(I)nn(COCC[Si](C)(C)C)c2c1. The third-order valence-electron chi connectivity index (χ3n) is 6.06. The van der Waals surface area contributed by atoms with Crippen LogP contribution in [-0.2, 0) is 22.6 Å². The predicted molar refractivity (Wildman–Crippen MR) is 161 cm³/mol. The van der Waals surface area contributed by atoms with Crippen molar-refractivity contribution in [1.29, 1.82) is 0 Å². The van der Waals surface area contributed by atoms with Gasteiger partial charge in [-0.3, -0.25) is 0 Å². The van der Waals surface area contributed by atoms with E-state index >= 15 is 4.39 Å². The quantitative estimate of drug-likeness (QED) is 0.0821. The summed E-state index contributed by atoms with van der Waals surface area (Å²) in [7, 11) is -2.31. The second kappa shape index (κ2) is 12.5. The smallest absolute Gasteiger partial charge is 0.189 e. The summed E-state index contributed by atoms with van der Waals surface area (Å²) in [5, 5.41) is 5.75. The first-order chi connectivity index (χ1) is 16.9. The molecule has 0 radical (unpaired) electrons. The van der Waals surface area contributed by atoms with Crippen molar-refractivity contribution in [2.24, 2.45) is 0 Å². The van der Waals surface area contributed by atoms with Crippen molar-refractivity contribution < 1.29 is 18.6 Å². The van der Waals surface area contributed by atoms with E-state index in [1.54, 1.807) is 12.1 Å². The third-order valence-corrected chi connectivity index (χ3v) is 10.3. The first-order valence-corrected chi connectivity index (χ1v) is 21.1. The van der Waals surface area contributed by atoms with Gasteiger partial charge in [-0.2, -0.15) is 5.10 Å². The molecule has 36 heavy (non-hydrogen) atoms. The highest BCUT2D eigenvalue weighted by Crippen LogP contribution is 2.33. The van der Waals surface area contributed by atoms with E-state index in [0.29, 0.717) is 13.3 Å². The minimum absolute atomic E-state index is 0.0607. The first kappa shape index (κ1) is 29.3. The number of benzene rings is 2. The molecule has 0 saturated carbocycles. The second-order valence-corrected chi connectivity index (χ2v) is 23.9. The summed E-state index contributed by atoms with van der Waals surface area (Å²) in [5.74, 6) is -0.145. The van der Waals surface area contributed by atoms with E-state index in [9.17, 15) is 0 Å². The van der Waals surface area contributed by atoms with E-state index in [2.05, 4.69) is 86.0 Å². The molecule has 1 heterocycles. The van der Waals surface area contributed by atoms with E-state index in [1.165, 1.54) is 0 Å². The number of hydrogen-bond acceptors (Lipinski definition) is 4. The van der Waals surface area contributed by atoms with Gasteiger partial charge in [0.25, 0.3) is 0 Å². The zero-order chi connectivity index (χ0) is 26.5. The van der Waals surface area contributed by atoms with Gasteiger partial charge in [0.15, 0.2) is 18.4 Å². The monoisotopic (exact) mass is 642 g/mol. The summed E-state index contributed by atoms with van der Waals surface area (Å²) >= 11 is 2.26. The Morgan fingerprint density at radius 3 is 2.25 bits per heavy atom. The van der Waals surface area contributed by atoms with Crippen molar-refractivity contribution in [3.8, 4) is 16.9 Å². The number of aryl methyl sites for hydroxylation is 1. The van der Waals surface area contributed by atoms with Gasteiger partial charge in [0.05, 0.1) is 5.52 Å². The van der Waals surface area contributed by atoms with E-state index in [-0.39, 0.29) is 18.4 Å². The van der Waals surface area contributed by atoms with Crippen molar-refractivity contribution in [3.63, 3.8) is 0 Å². The van der Waals surface area contributed by atoms with Crippen LogP contribution in [0.1, 0.15) is 12.5 Å². The Bertz CT molecular complexity index is 1170. The molecule has 9 heteroatoms. The number of nitrogens with zero attached hydrogens (tertiary/aromatic N) is 2. The Hall–Kier alpha value is -1.28. The number of hydrogen-bond donors (Lipinski definition) is 0. The highest BCUT2D eigenvalue weighted by molar-refractivity contribution is 14.1. The van der Waals surface area contributed by atoms with E-state index in [0.717, 1.165) is 56.4 Å². The Kier molecular flexibility index (Phi) is 10.2. The zero-order valence-electron chi connectivity index (χ0n) is 22.7. The summed E-state index contributed by atoms with van der Waals surface area (Å²) in [4.78, 5) is 0. The van der Waals surface area contributed by atoms with Crippen LogP contribution in [0.2, 0.25) is 51.4 Å². The molecular weight excluding hydrogens is 602 g/mol. The van der Waals surface area contributed by atoms with E-state index in [1.807, 2.05) is 10.7 Å². The fraction of sp³-hybridized carbons (Fsp3) is 0.519. The number of fused-ring (bicyclic) bond motifs is 1. The van der Waals surface area contributed by atoms with Gasteiger partial charge in [-0.15, -0.1) is 0 Å². The Morgan fingerprint density at radius 2 is 1.61 bits per heavy atom. The second-order valence-electron chi connectivity index (χ2n) is 11.6. The van der Waals surface area contributed by atoms with Crippen molar-refractivity contribution in [2.75, 3.05) is 20.0 Å². The molecule has 0 amide bonds. The average Bonchev–Trinajstić information content (AvgIpc) is 3.10. The fourth-order valence-electron chi connectivity index (χ4n) is 3.74. The van der Waals surface area contributed by atoms with Gasteiger partial charge in [-0.05, 0) is 82.1 Å². The molecule has 0 aliphatic carbocycles. The molecule has 0 aliphatic heterocycles. The van der Waals surface area contributed by atoms with Gasteiger partial charge in [0.1, 0.15) is 10.4 Å². The number of ether oxygens (including phenoxy) is 3. The summed E-state index contributed by atoms with van der Waals surface area (Å²) < 4.78 is 35.1. The lowest BCUT2D eigenvalue weighted by molar-refractivity contribution is 0.0197. The molecule has 0 spiro atoms. The Morgan fingerprint density at radius 1 is 0.944 bits per heavy atom. The van der Waals surface area contributed by atoms with Gasteiger partial charge >= 0.3 is 0 Å². The molecule has 2 aromatic carbocycles. The minimum Gasteiger partial charge on any atom is -0.464 e. The first-order valence-electron chi connectivity index (χ1n) is 12.6. The van der Waals surface area contributed by atoms with Crippen molar-refractivity contribution in [1.82, 2.24) is 9.78 Å². The fourth-order valence-corrected chi connectivity index (χ4v) is 5.97. The van der Waals surface area contributed by atoms with Gasteiger partial charge in [0.2, 0.25) is 0 Å². The van der Waals surface area contributed by atoms with Gasteiger partial charge in [-0.25, -0.2) is 9.07 Å². The zero-order valence-corrected chi connectivity index (χ0v) is 26.9. The highest BCUT2D eigenvalue weighted by Gasteiger charge is 2.17. The molecular formula is C27H40FIN2O3Si2. The molecule has 198 valence electrons. The van der Waals surface area contributed by atoms with Crippen LogP contribution in [0.3, 0.4) is 0 Å². The molecule has 1 aromatic heterocycles. The van der Waals surface area contributed by atoms with E-state index < -0.39 is 16.1 Å². The van der Waals surface area contributed by atoms with Gasteiger partial charge in [-0.1, -0.05) is 52.3 Å². The lowest BCUT2D eigenvalue weighted by Crippen LogP contribution is -2.22. The molecule has 0 aliphatic rings. The lowest BCUT2D eigenvalue weighted by Gasteiger charge is -2.16. The minimum atomic E-state index is -1.16. The topological polar surface area (TPSA) is 45.5 Å². The molecule has 0 saturated heterocycles. The maximum atomic E-state index is 15.0. The van der Waals surface area contributed by atoms with Crippen molar-refractivity contribution in [2.45, 2.75) is 71.4 Å². The molecule has 0 atom stereocenters. The van der Waals surface area contributed by atoms with Gasteiger partial charge in [0, 0.05) is 34.7 Å². The van der Waals surface area contributed by atoms with Crippen LogP contribution in [0, 0.1) is 9.52 Å². The maximum Gasteiger partial charge on any atom is 0.189 e. The molecule has 3 aromatic rings. The molecule has 0 N–H and O–H groups in total. The normalized spacial score (nSPS) is 12.5. The predicted octanol–water partition coefficient (Wildman–Crippen LogP) is 8.01. The summed E-state index contributed by atoms with van der Waals surface area (Å²) in [6.07, 6.45) is 0.761. The number of aromatic nitrogens is 2. The van der Waals surface area contributed by atoms with Crippen LogP contribution in [0.25, 0.3) is 22.0 Å². The molecule has 5 nitrogen and oxygen atoms in total. The van der Waals surface area contributed by atoms with Crippen LogP contribution in [0.4, 0.5) is 4.39 Å². The molecule has 0 unspecified atom stereocenters. The van der Waals surface area contributed by atoms with Crippen molar-refractivity contribution in [3.05, 3.63) is 45.4 Å². The summed E-state index contributed by atoms with van der Waals surface area (Å²) in [6, 6.07) is 11.7. The van der Waals surface area contributed by atoms with Gasteiger partial charge < -0.3 is 14.2 Å². The molecule has 0 fully saturated rings. The molecule has 3 rings (SSSR count). The van der Waals surface area contributed by atoms with Crippen LogP contribution in [0.5, 0.6) is 5.75 Å². The summed E-state index contributed by atoms with van der Waals surface area (Å²) in [5.41, 5.74) is 3.84. The van der Waals surface area contributed by atoms with Crippen LogP contribution in [0.15, 0.2) is 30.3 Å². The largest absolute Gasteiger partial charge is 0.464 e. The number of rotatable bonds is 13. The maximum absolute atomic E-state index is 15.0. The van der Waals surface area contributed by atoms with Crippen LogP contribution < -0.4 is 4.74 Å². The standard InChI is InChI=1S/C27H40FIN2O3Si2/c1-8-20-16-26(34-19-33-12-14-36(5,6)7)24(28)17-23(20)21-9-10-22-25(15-21)31(30-27(22)29)18-32-11-13-35(2,3)4/h9-10,15-17H,8,11-14,18-19H2,1-7H3. The van der Waals surface area contributed by atoms with E-state index in [4.69, 9.17) is 14.2 Å². The van der Waals surface area contributed by atoms with Crippen molar-refractivity contribution >= 4 is 49.6 Å². The van der Waals surface area contributed by atoms with Crippen LogP contribution in [-0.4, -0.2) is 45.9 Å². The highest BCUT2D eigenvalue weighted by atomic mass is 127. The molecule has 0 bridgehead atoms. The third kappa shape index (κ3) is 8.37. The average molecular weight is 643 g/mol. The van der Waals surface area contributed by atoms with Crippen LogP contribution >= 0.6 is 22.6 Å². The Balaban J connectivity index is 1.78. The summed E-state index contributed by atoms with van der Waals surface area (Å²) in [6.45, 7) is 17.9. The lowest BCUT2D eigenvalue weighted by atomic mass is 9.97. The Labute approximate surface area is 230 Å².